The zero-order valence-electron chi connectivity index (χ0n) is 11.2. The van der Waals surface area contributed by atoms with Crippen molar-refractivity contribution in [1.82, 2.24) is 15.6 Å². The zero-order valence-corrected chi connectivity index (χ0v) is 12.0. The summed E-state index contributed by atoms with van der Waals surface area (Å²) < 4.78 is 0. The molecule has 3 N–H and O–H groups in total. The maximum atomic E-state index is 12.1. The van der Waals surface area contributed by atoms with E-state index in [1.807, 2.05) is 25.2 Å². The van der Waals surface area contributed by atoms with Crippen LogP contribution in [-0.2, 0) is 0 Å². The van der Waals surface area contributed by atoms with Crippen LogP contribution in [0.15, 0.2) is 35.1 Å². The van der Waals surface area contributed by atoms with Gasteiger partial charge in [-0.3, -0.25) is 9.59 Å². The monoisotopic (exact) mass is 295 g/mol. The van der Waals surface area contributed by atoms with Gasteiger partial charge in [-0.2, -0.15) is 0 Å². The number of hydrogen-bond donors (Lipinski definition) is 3. The van der Waals surface area contributed by atoms with Crippen molar-refractivity contribution in [3.05, 3.63) is 46.2 Å². The number of rotatable bonds is 5. The van der Waals surface area contributed by atoms with Crippen LogP contribution in [0.25, 0.3) is 10.9 Å². The molecule has 1 aromatic carbocycles. The van der Waals surface area contributed by atoms with Gasteiger partial charge in [0.25, 0.3) is 5.91 Å². The Kier molecular flexibility index (Phi) is 6.21. The first kappa shape index (κ1) is 16.2. The molecule has 0 saturated carbocycles. The second-order valence-corrected chi connectivity index (χ2v) is 4.31. The molecule has 0 spiro atoms. The Bertz CT molecular complexity index is 640. The van der Waals surface area contributed by atoms with Gasteiger partial charge in [0.05, 0.1) is 5.56 Å². The molecule has 0 unspecified atom stereocenters. The number of pyridine rings is 1. The van der Waals surface area contributed by atoms with E-state index >= 15 is 0 Å². The van der Waals surface area contributed by atoms with E-state index in [4.69, 9.17) is 0 Å². The van der Waals surface area contributed by atoms with Crippen molar-refractivity contribution in [3.8, 4) is 0 Å². The van der Waals surface area contributed by atoms with Gasteiger partial charge >= 0.3 is 0 Å². The minimum Gasteiger partial charge on any atom is -0.352 e. The highest BCUT2D eigenvalue weighted by Gasteiger charge is 2.10. The second-order valence-electron chi connectivity index (χ2n) is 4.31. The largest absolute Gasteiger partial charge is 0.352 e. The van der Waals surface area contributed by atoms with Crippen molar-refractivity contribution in [2.24, 2.45) is 0 Å². The third-order valence-electron chi connectivity index (χ3n) is 2.88. The second kappa shape index (κ2) is 7.67. The van der Waals surface area contributed by atoms with Crippen LogP contribution in [0.5, 0.6) is 0 Å². The van der Waals surface area contributed by atoms with E-state index < -0.39 is 0 Å². The summed E-state index contributed by atoms with van der Waals surface area (Å²) in [7, 11) is 1.87. The number of aromatic amines is 1. The fraction of sp³-hybridized carbons (Fsp3) is 0.286. The van der Waals surface area contributed by atoms with Gasteiger partial charge in [0.2, 0.25) is 5.56 Å². The van der Waals surface area contributed by atoms with Crippen molar-refractivity contribution in [3.63, 3.8) is 0 Å². The lowest BCUT2D eigenvalue weighted by Crippen LogP contribution is -2.27. The summed E-state index contributed by atoms with van der Waals surface area (Å²) >= 11 is 0. The predicted octanol–water partition coefficient (Wildman–Crippen LogP) is 1.29. The molecule has 0 aliphatic carbocycles. The number of aromatic nitrogens is 1. The number of carbonyl (C=O) groups excluding carboxylic acids is 1. The van der Waals surface area contributed by atoms with Gasteiger partial charge in [0, 0.05) is 23.5 Å². The Morgan fingerprint density at radius 3 is 2.75 bits per heavy atom. The summed E-state index contributed by atoms with van der Waals surface area (Å²) in [6.45, 7) is 1.43. The van der Waals surface area contributed by atoms with Crippen molar-refractivity contribution < 1.29 is 4.79 Å². The molecule has 2 rings (SSSR count). The van der Waals surface area contributed by atoms with E-state index in [1.54, 1.807) is 6.07 Å². The number of halogens is 1. The molecule has 0 radical (unpaired) electrons. The average Bonchev–Trinajstić information content (AvgIpc) is 2.42. The molecule has 0 saturated heterocycles. The predicted molar refractivity (Wildman–Crippen MR) is 82.7 cm³/mol. The Hall–Kier alpha value is -1.85. The van der Waals surface area contributed by atoms with Gasteiger partial charge in [-0.25, -0.2) is 0 Å². The first-order valence-corrected chi connectivity index (χ1v) is 6.27. The number of H-pyrrole nitrogens is 1. The smallest absolute Gasteiger partial charge is 0.252 e. The maximum absolute atomic E-state index is 12.1. The van der Waals surface area contributed by atoms with Crippen molar-refractivity contribution >= 4 is 29.2 Å². The molecule has 1 aromatic heterocycles. The van der Waals surface area contributed by atoms with Crippen molar-refractivity contribution in [2.75, 3.05) is 20.1 Å². The molecule has 0 aliphatic heterocycles. The molecule has 1 amide bonds. The minimum atomic E-state index is -0.265. The molecular formula is C14H18ClN3O2. The molecule has 2 aromatic rings. The molecule has 0 bridgehead atoms. The fourth-order valence-electron chi connectivity index (χ4n) is 1.95. The van der Waals surface area contributed by atoms with Crippen LogP contribution >= 0.6 is 12.4 Å². The van der Waals surface area contributed by atoms with Gasteiger partial charge in [-0.15, -0.1) is 12.4 Å². The van der Waals surface area contributed by atoms with Crippen LogP contribution in [-0.4, -0.2) is 31.0 Å². The lowest BCUT2D eigenvalue weighted by molar-refractivity contribution is 0.0955. The Morgan fingerprint density at radius 1 is 1.25 bits per heavy atom. The molecule has 5 nitrogen and oxygen atoms in total. The van der Waals surface area contributed by atoms with Gasteiger partial charge in [0.15, 0.2) is 0 Å². The molecular weight excluding hydrogens is 278 g/mol. The van der Waals surface area contributed by atoms with E-state index in [2.05, 4.69) is 15.6 Å². The molecule has 0 aliphatic rings. The van der Waals surface area contributed by atoms with Crippen LogP contribution < -0.4 is 16.2 Å². The van der Waals surface area contributed by atoms with E-state index in [9.17, 15) is 9.59 Å². The molecule has 0 fully saturated rings. The number of carbonyl (C=O) groups is 1. The summed E-state index contributed by atoms with van der Waals surface area (Å²) in [5.74, 6) is -0.210. The number of nitrogens with one attached hydrogen (secondary N) is 3. The lowest BCUT2D eigenvalue weighted by atomic mass is 10.1. The fourth-order valence-corrected chi connectivity index (χ4v) is 1.95. The van der Waals surface area contributed by atoms with E-state index in [-0.39, 0.29) is 23.9 Å². The van der Waals surface area contributed by atoms with Crippen LogP contribution in [0.4, 0.5) is 0 Å². The summed E-state index contributed by atoms with van der Waals surface area (Å²) in [5, 5.41) is 6.59. The summed E-state index contributed by atoms with van der Waals surface area (Å²) in [6.07, 6.45) is 0.851. The highest BCUT2D eigenvalue weighted by atomic mass is 35.5. The number of hydrogen-bond acceptors (Lipinski definition) is 3. The number of benzene rings is 1. The summed E-state index contributed by atoms with van der Waals surface area (Å²) in [4.78, 5) is 26.3. The standard InChI is InChI=1S/C14H17N3O2.ClH/c1-15-7-4-8-16-14(19)11-9-13(18)17-12-6-3-2-5-10(11)12;/h2-3,5-6,9,15H,4,7-8H2,1H3,(H,16,19)(H,17,18);1H. The first-order chi connectivity index (χ1) is 9.22. The molecule has 1 heterocycles. The minimum absolute atomic E-state index is 0. The third-order valence-corrected chi connectivity index (χ3v) is 2.88. The lowest BCUT2D eigenvalue weighted by Gasteiger charge is -2.07. The normalized spacial score (nSPS) is 10.1. The molecule has 6 heteroatoms. The maximum Gasteiger partial charge on any atom is 0.252 e. The summed E-state index contributed by atoms with van der Waals surface area (Å²) in [6, 6.07) is 8.63. The van der Waals surface area contributed by atoms with E-state index in [1.165, 1.54) is 6.07 Å². The first-order valence-electron chi connectivity index (χ1n) is 6.27. The van der Waals surface area contributed by atoms with Gasteiger partial charge in [-0.05, 0) is 26.1 Å². The van der Waals surface area contributed by atoms with Gasteiger partial charge in [-0.1, -0.05) is 18.2 Å². The average molecular weight is 296 g/mol. The third kappa shape index (κ3) is 3.82. The van der Waals surface area contributed by atoms with E-state index in [0.29, 0.717) is 17.6 Å². The Morgan fingerprint density at radius 2 is 2.00 bits per heavy atom. The van der Waals surface area contributed by atoms with Crippen LogP contribution in [0, 0.1) is 0 Å². The topological polar surface area (TPSA) is 74.0 Å². The highest BCUT2D eigenvalue weighted by Crippen LogP contribution is 2.14. The summed E-state index contributed by atoms with van der Waals surface area (Å²) in [5.41, 5.74) is 0.832. The number of amides is 1. The van der Waals surface area contributed by atoms with Crippen molar-refractivity contribution in [2.45, 2.75) is 6.42 Å². The van der Waals surface area contributed by atoms with Gasteiger partial charge < -0.3 is 15.6 Å². The van der Waals surface area contributed by atoms with Crippen LogP contribution in [0.1, 0.15) is 16.8 Å². The highest BCUT2D eigenvalue weighted by molar-refractivity contribution is 6.05. The Balaban J connectivity index is 0.00000200. The van der Waals surface area contributed by atoms with Gasteiger partial charge in [0.1, 0.15) is 0 Å². The number of fused-ring (bicyclic) bond motifs is 1. The number of para-hydroxylation sites is 1. The van der Waals surface area contributed by atoms with E-state index in [0.717, 1.165) is 18.4 Å². The molecule has 108 valence electrons. The Labute approximate surface area is 123 Å². The van der Waals surface area contributed by atoms with Crippen molar-refractivity contribution in [1.29, 1.82) is 0 Å². The van der Waals surface area contributed by atoms with Crippen LogP contribution in [0.3, 0.4) is 0 Å². The quantitative estimate of drug-likeness (QED) is 0.728. The zero-order chi connectivity index (χ0) is 13.7. The SMILES string of the molecule is CNCCCNC(=O)c1cc(=O)[nH]c2ccccc12.Cl. The molecule has 0 atom stereocenters. The van der Waals surface area contributed by atoms with Crippen LogP contribution in [0.2, 0.25) is 0 Å². The molecule has 20 heavy (non-hydrogen) atoms.